The van der Waals surface area contributed by atoms with Gasteiger partial charge in [-0.25, -0.2) is 0 Å². The smallest absolute Gasteiger partial charge is 0.123 e. The van der Waals surface area contributed by atoms with Crippen molar-refractivity contribution in [1.29, 1.82) is 0 Å². The zero-order valence-electron chi connectivity index (χ0n) is 12.6. The molecule has 0 spiro atoms. The molecule has 0 aliphatic rings. The average Bonchev–Trinajstić information content (AvgIpc) is 2.96. The maximum absolute atomic E-state index is 8.90. The van der Waals surface area contributed by atoms with Crippen molar-refractivity contribution in [3.05, 3.63) is 47.8 Å². The SMILES string of the molecule is CCC(NCc1cnn(CCO)c1)c1ccccc1OC. The second-order valence-corrected chi connectivity index (χ2v) is 4.92. The van der Waals surface area contributed by atoms with Gasteiger partial charge in [-0.05, 0) is 12.5 Å². The van der Waals surface area contributed by atoms with Gasteiger partial charge in [0.15, 0.2) is 0 Å². The van der Waals surface area contributed by atoms with E-state index in [1.165, 1.54) is 5.56 Å². The molecule has 0 aliphatic carbocycles. The number of aliphatic hydroxyl groups excluding tert-OH is 1. The van der Waals surface area contributed by atoms with E-state index in [1.807, 2.05) is 30.6 Å². The molecule has 2 N–H and O–H groups in total. The van der Waals surface area contributed by atoms with Crippen LogP contribution in [0.1, 0.15) is 30.5 Å². The van der Waals surface area contributed by atoms with Crippen LogP contribution in [0.4, 0.5) is 0 Å². The lowest BCUT2D eigenvalue weighted by Crippen LogP contribution is -2.20. The van der Waals surface area contributed by atoms with Crippen LogP contribution in [0, 0.1) is 0 Å². The molecule has 0 fully saturated rings. The Morgan fingerprint density at radius 2 is 2.19 bits per heavy atom. The van der Waals surface area contributed by atoms with Gasteiger partial charge in [-0.2, -0.15) is 5.10 Å². The van der Waals surface area contributed by atoms with Crippen LogP contribution in [-0.4, -0.2) is 28.6 Å². The Bertz CT molecular complexity index is 554. The quantitative estimate of drug-likeness (QED) is 0.781. The Kier molecular flexibility index (Phi) is 5.78. The van der Waals surface area contributed by atoms with Gasteiger partial charge in [-0.3, -0.25) is 4.68 Å². The summed E-state index contributed by atoms with van der Waals surface area (Å²) in [4.78, 5) is 0. The van der Waals surface area contributed by atoms with E-state index in [1.54, 1.807) is 11.8 Å². The molecule has 5 heteroatoms. The van der Waals surface area contributed by atoms with Crippen molar-refractivity contribution >= 4 is 0 Å². The lowest BCUT2D eigenvalue weighted by atomic mass is 10.0. The molecular formula is C16H23N3O2. The lowest BCUT2D eigenvalue weighted by Gasteiger charge is -2.19. The van der Waals surface area contributed by atoms with Gasteiger partial charge in [0.1, 0.15) is 5.75 Å². The van der Waals surface area contributed by atoms with Gasteiger partial charge in [0, 0.05) is 29.9 Å². The van der Waals surface area contributed by atoms with E-state index < -0.39 is 0 Å². The fraction of sp³-hybridized carbons (Fsp3) is 0.438. The maximum atomic E-state index is 8.90. The first kappa shape index (κ1) is 15.5. The van der Waals surface area contributed by atoms with E-state index in [2.05, 4.69) is 23.4 Å². The van der Waals surface area contributed by atoms with Gasteiger partial charge in [-0.15, -0.1) is 0 Å². The van der Waals surface area contributed by atoms with Gasteiger partial charge in [-0.1, -0.05) is 25.1 Å². The van der Waals surface area contributed by atoms with Crippen molar-refractivity contribution in [2.75, 3.05) is 13.7 Å². The average molecular weight is 289 g/mol. The van der Waals surface area contributed by atoms with Gasteiger partial charge in [0.25, 0.3) is 0 Å². The number of aliphatic hydroxyl groups is 1. The zero-order chi connectivity index (χ0) is 15.1. The number of rotatable bonds is 8. The molecule has 2 aromatic rings. The molecule has 2 rings (SSSR count). The van der Waals surface area contributed by atoms with Crippen LogP contribution in [0.3, 0.4) is 0 Å². The van der Waals surface area contributed by atoms with E-state index in [9.17, 15) is 0 Å². The van der Waals surface area contributed by atoms with Crippen LogP contribution in [0.5, 0.6) is 5.75 Å². The molecule has 0 saturated heterocycles. The third-order valence-corrected chi connectivity index (χ3v) is 3.49. The second kappa shape index (κ2) is 7.81. The Morgan fingerprint density at radius 3 is 2.90 bits per heavy atom. The topological polar surface area (TPSA) is 59.3 Å². The van der Waals surface area contributed by atoms with Crippen LogP contribution in [0.15, 0.2) is 36.7 Å². The first-order chi connectivity index (χ1) is 10.3. The summed E-state index contributed by atoms with van der Waals surface area (Å²) in [5.41, 5.74) is 2.28. The van der Waals surface area contributed by atoms with Crippen LogP contribution in [-0.2, 0) is 13.1 Å². The Hall–Kier alpha value is -1.85. The van der Waals surface area contributed by atoms with Crippen molar-refractivity contribution in [1.82, 2.24) is 15.1 Å². The van der Waals surface area contributed by atoms with Crippen molar-refractivity contribution in [2.45, 2.75) is 32.5 Å². The molecule has 1 unspecified atom stereocenters. The maximum Gasteiger partial charge on any atom is 0.123 e. The largest absolute Gasteiger partial charge is 0.496 e. The van der Waals surface area contributed by atoms with E-state index in [-0.39, 0.29) is 12.6 Å². The highest BCUT2D eigenvalue weighted by molar-refractivity contribution is 5.35. The third-order valence-electron chi connectivity index (χ3n) is 3.49. The van der Waals surface area contributed by atoms with Gasteiger partial charge >= 0.3 is 0 Å². The minimum atomic E-state index is 0.105. The first-order valence-corrected chi connectivity index (χ1v) is 7.27. The number of para-hydroxylation sites is 1. The Labute approximate surface area is 125 Å². The molecule has 1 atom stereocenters. The second-order valence-electron chi connectivity index (χ2n) is 4.92. The summed E-state index contributed by atoms with van der Waals surface area (Å²) in [5.74, 6) is 0.910. The molecule has 0 bridgehead atoms. The van der Waals surface area contributed by atoms with Gasteiger partial charge in [0.2, 0.25) is 0 Å². The molecule has 0 radical (unpaired) electrons. The molecule has 21 heavy (non-hydrogen) atoms. The molecule has 0 aliphatic heterocycles. The number of ether oxygens (including phenoxy) is 1. The molecule has 1 aromatic carbocycles. The Morgan fingerprint density at radius 1 is 1.38 bits per heavy atom. The molecule has 5 nitrogen and oxygen atoms in total. The van der Waals surface area contributed by atoms with Crippen LogP contribution in [0.25, 0.3) is 0 Å². The highest BCUT2D eigenvalue weighted by Crippen LogP contribution is 2.26. The molecule has 0 amide bonds. The summed E-state index contributed by atoms with van der Waals surface area (Å²) >= 11 is 0. The Balaban J connectivity index is 2.01. The van der Waals surface area contributed by atoms with Crippen molar-refractivity contribution in [3.8, 4) is 5.75 Å². The molecule has 1 heterocycles. The van der Waals surface area contributed by atoms with Gasteiger partial charge < -0.3 is 15.2 Å². The monoisotopic (exact) mass is 289 g/mol. The number of methoxy groups -OCH3 is 1. The number of aromatic nitrogens is 2. The minimum absolute atomic E-state index is 0.105. The summed E-state index contributed by atoms with van der Waals surface area (Å²) < 4.78 is 7.18. The molecule has 114 valence electrons. The van der Waals surface area contributed by atoms with Gasteiger partial charge in [0.05, 0.1) is 26.5 Å². The zero-order valence-corrected chi connectivity index (χ0v) is 12.6. The number of nitrogens with zero attached hydrogens (tertiary/aromatic N) is 2. The molecule has 0 saturated carbocycles. The van der Waals surface area contributed by atoms with Crippen LogP contribution in [0.2, 0.25) is 0 Å². The fourth-order valence-electron chi connectivity index (χ4n) is 2.39. The number of hydrogen-bond acceptors (Lipinski definition) is 4. The predicted molar refractivity (Wildman–Crippen MR) is 82.2 cm³/mol. The third kappa shape index (κ3) is 4.06. The lowest BCUT2D eigenvalue weighted by molar-refractivity contribution is 0.269. The van der Waals surface area contributed by atoms with Crippen molar-refractivity contribution in [3.63, 3.8) is 0 Å². The summed E-state index contributed by atoms with van der Waals surface area (Å²) in [7, 11) is 1.70. The van der Waals surface area contributed by atoms with E-state index in [0.29, 0.717) is 6.54 Å². The summed E-state index contributed by atoms with van der Waals surface area (Å²) in [6.45, 7) is 3.53. The van der Waals surface area contributed by atoms with Crippen LogP contribution >= 0.6 is 0 Å². The van der Waals surface area contributed by atoms with E-state index in [0.717, 1.165) is 24.3 Å². The molecule has 1 aromatic heterocycles. The van der Waals surface area contributed by atoms with E-state index >= 15 is 0 Å². The number of nitrogens with one attached hydrogen (secondary N) is 1. The van der Waals surface area contributed by atoms with Crippen LogP contribution < -0.4 is 10.1 Å². The fourth-order valence-corrected chi connectivity index (χ4v) is 2.39. The number of benzene rings is 1. The summed E-state index contributed by atoms with van der Waals surface area (Å²) in [6, 6.07) is 8.33. The number of hydrogen-bond donors (Lipinski definition) is 2. The summed E-state index contributed by atoms with van der Waals surface area (Å²) in [5, 5.41) is 16.6. The first-order valence-electron chi connectivity index (χ1n) is 7.27. The highest BCUT2D eigenvalue weighted by Gasteiger charge is 2.13. The predicted octanol–water partition coefficient (Wildman–Crippen LogP) is 2.12. The van der Waals surface area contributed by atoms with E-state index in [4.69, 9.17) is 9.84 Å². The molecular weight excluding hydrogens is 266 g/mol. The van der Waals surface area contributed by atoms with Crippen molar-refractivity contribution < 1.29 is 9.84 Å². The highest BCUT2D eigenvalue weighted by atomic mass is 16.5. The normalized spacial score (nSPS) is 12.3. The standard InChI is InChI=1S/C16H23N3O2/c1-3-15(14-6-4-5-7-16(14)21-2)17-10-13-11-18-19(12-13)8-9-20/h4-7,11-12,15,17,20H,3,8-10H2,1-2H3. The minimum Gasteiger partial charge on any atom is -0.496 e. The van der Waals surface area contributed by atoms with Crippen molar-refractivity contribution in [2.24, 2.45) is 0 Å². The summed E-state index contributed by atoms with van der Waals surface area (Å²) in [6.07, 6.45) is 4.76.